The Morgan fingerprint density at radius 3 is 2.70 bits per heavy atom. The van der Waals surface area contributed by atoms with E-state index in [4.69, 9.17) is 0 Å². The van der Waals surface area contributed by atoms with Crippen molar-refractivity contribution in [3.05, 3.63) is 59.8 Å². The Morgan fingerprint density at radius 2 is 1.95 bits per heavy atom. The van der Waals surface area contributed by atoms with Crippen LogP contribution >= 0.6 is 0 Å². The molecular formula is C16H14N2O2. The number of fused-ring (bicyclic) bond motifs is 1. The summed E-state index contributed by atoms with van der Waals surface area (Å²) in [7, 11) is 0. The van der Waals surface area contributed by atoms with E-state index in [1.54, 1.807) is 18.2 Å². The van der Waals surface area contributed by atoms with Gasteiger partial charge in [-0.3, -0.25) is 4.79 Å². The highest BCUT2D eigenvalue weighted by Gasteiger charge is 2.11. The van der Waals surface area contributed by atoms with Crippen LogP contribution in [0.3, 0.4) is 0 Å². The average Bonchev–Trinajstić information content (AvgIpc) is 2.86. The quantitative estimate of drug-likeness (QED) is 0.622. The first-order valence-electron chi connectivity index (χ1n) is 6.32. The van der Waals surface area contributed by atoms with Crippen LogP contribution in [0.5, 0.6) is 5.75 Å². The first kappa shape index (κ1) is 12.3. The van der Waals surface area contributed by atoms with E-state index in [0.29, 0.717) is 11.4 Å². The van der Waals surface area contributed by atoms with Gasteiger partial charge in [-0.2, -0.15) is 0 Å². The SMILES string of the molecule is Cc1ccc(NC(=O)c2cc3ccccc3[nH]2)c(O)c1. The number of nitrogens with one attached hydrogen (secondary N) is 2. The summed E-state index contributed by atoms with van der Waals surface area (Å²) < 4.78 is 0. The van der Waals surface area contributed by atoms with Gasteiger partial charge in [-0.1, -0.05) is 24.3 Å². The van der Waals surface area contributed by atoms with E-state index in [2.05, 4.69) is 10.3 Å². The second-order valence-electron chi connectivity index (χ2n) is 4.74. The van der Waals surface area contributed by atoms with Crippen molar-refractivity contribution in [1.29, 1.82) is 0 Å². The highest BCUT2D eigenvalue weighted by Crippen LogP contribution is 2.24. The summed E-state index contributed by atoms with van der Waals surface area (Å²) in [6, 6.07) is 14.6. The number of aromatic hydroxyl groups is 1. The van der Waals surface area contributed by atoms with Crippen LogP contribution in [0.25, 0.3) is 10.9 Å². The van der Waals surface area contributed by atoms with Crippen LogP contribution in [0, 0.1) is 6.92 Å². The maximum Gasteiger partial charge on any atom is 0.272 e. The van der Waals surface area contributed by atoms with Gasteiger partial charge in [0, 0.05) is 10.9 Å². The van der Waals surface area contributed by atoms with Crippen molar-refractivity contribution < 1.29 is 9.90 Å². The van der Waals surface area contributed by atoms with Gasteiger partial charge in [0.15, 0.2) is 0 Å². The Morgan fingerprint density at radius 1 is 1.15 bits per heavy atom. The van der Waals surface area contributed by atoms with E-state index in [9.17, 15) is 9.90 Å². The van der Waals surface area contributed by atoms with Gasteiger partial charge in [-0.05, 0) is 36.8 Å². The number of para-hydroxylation sites is 1. The Kier molecular flexibility index (Phi) is 2.91. The van der Waals surface area contributed by atoms with Crippen LogP contribution in [-0.2, 0) is 0 Å². The van der Waals surface area contributed by atoms with Crippen molar-refractivity contribution in [3.8, 4) is 5.75 Å². The van der Waals surface area contributed by atoms with E-state index in [1.807, 2.05) is 37.3 Å². The Labute approximate surface area is 116 Å². The molecule has 100 valence electrons. The monoisotopic (exact) mass is 266 g/mol. The number of amides is 1. The number of phenolic OH excluding ortho intramolecular Hbond substituents is 1. The molecule has 2 aromatic carbocycles. The standard InChI is InChI=1S/C16H14N2O2/c1-10-6-7-13(15(19)8-10)18-16(20)14-9-11-4-2-3-5-12(11)17-14/h2-9,17,19H,1H3,(H,18,20). The Hall–Kier alpha value is -2.75. The fraction of sp³-hybridized carbons (Fsp3) is 0.0625. The molecule has 3 aromatic rings. The van der Waals surface area contributed by atoms with E-state index >= 15 is 0 Å². The predicted molar refractivity (Wildman–Crippen MR) is 79.1 cm³/mol. The van der Waals surface area contributed by atoms with Crippen LogP contribution < -0.4 is 5.32 Å². The van der Waals surface area contributed by atoms with E-state index in [-0.39, 0.29) is 11.7 Å². The Balaban J connectivity index is 1.89. The van der Waals surface area contributed by atoms with Crippen molar-refractivity contribution in [2.24, 2.45) is 0 Å². The van der Waals surface area contributed by atoms with Crippen molar-refractivity contribution >= 4 is 22.5 Å². The third-order valence-corrected chi connectivity index (χ3v) is 3.18. The first-order chi connectivity index (χ1) is 9.63. The third kappa shape index (κ3) is 2.23. The molecule has 1 amide bonds. The molecular weight excluding hydrogens is 252 g/mol. The third-order valence-electron chi connectivity index (χ3n) is 3.18. The lowest BCUT2D eigenvalue weighted by Crippen LogP contribution is -2.12. The van der Waals surface area contributed by atoms with Gasteiger partial charge in [0.05, 0.1) is 5.69 Å². The van der Waals surface area contributed by atoms with E-state index in [0.717, 1.165) is 16.5 Å². The minimum atomic E-state index is -0.277. The van der Waals surface area contributed by atoms with Crippen LogP contribution in [-0.4, -0.2) is 16.0 Å². The second-order valence-corrected chi connectivity index (χ2v) is 4.74. The van der Waals surface area contributed by atoms with Crippen molar-refractivity contribution in [2.45, 2.75) is 6.92 Å². The molecule has 0 saturated carbocycles. The fourth-order valence-electron chi connectivity index (χ4n) is 2.13. The molecule has 0 radical (unpaired) electrons. The van der Waals surface area contributed by atoms with Crippen LogP contribution in [0.1, 0.15) is 16.1 Å². The van der Waals surface area contributed by atoms with Crippen molar-refractivity contribution in [3.63, 3.8) is 0 Å². The zero-order valence-corrected chi connectivity index (χ0v) is 11.0. The molecule has 0 aliphatic heterocycles. The number of aromatic amines is 1. The highest BCUT2D eigenvalue weighted by molar-refractivity contribution is 6.06. The minimum absolute atomic E-state index is 0.0643. The maximum absolute atomic E-state index is 12.2. The number of hydrogen-bond donors (Lipinski definition) is 3. The minimum Gasteiger partial charge on any atom is -0.506 e. The molecule has 3 N–H and O–H groups in total. The maximum atomic E-state index is 12.2. The molecule has 1 heterocycles. The lowest BCUT2D eigenvalue weighted by molar-refractivity contribution is 0.102. The lowest BCUT2D eigenvalue weighted by Gasteiger charge is -2.06. The zero-order chi connectivity index (χ0) is 14.1. The lowest BCUT2D eigenvalue weighted by atomic mass is 10.2. The first-order valence-corrected chi connectivity index (χ1v) is 6.32. The molecule has 0 saturated heterocycles. The average molecular weight is 266 g/mol. The summed E-state index contributed by atoms with van der Waals surface area (Å²) in [5, 5.41) is 13.5. The van der Waals surface area contributed by atoms with Gasteiger partial charge in [0.2, 0.25) is 0 Å². The number of carbonyl (C=O) groups excluding carboxylic acids is 1. The van der Waals surface area contributed by atoms with Gasteiger partial charge in [0.25, 0.3) is 5.91 Å². The smallest absolute Gasteiger partial charge is 0.272 e. The number of H-pyrrole nitrogens is 1. The molecule has 1 aromatic heterocycles. The summed E-state index contributed by atoms with van der Waals surface area (Å²) in [5.74, 6) is -0.213. The number of anilines is 1. The molecule has 3 rings (SSSR count). The number of phenols is 1. The van der Waals surface area contributed by atoms with Crippen LogP contribution in [0.4, 0.5) is 5.69 Å². The molecule has 0 atom stereocenters. The highest BCUT2D eigenvalue weighted by atomic mass is 16.3. The summed E-state index contributed by atoms with van der Waals surface area (Å²) >= 11 is 0. The van der Waals surface area contributed by atoms with Gasteiger partial charge < -0.3 is 15.4 Å². The molecule has 0 bridgehead atoms. The number of aromatic nitrogens is 1. The molecule has 0 spiro atoms. The molecule has 0 aliphatic carbocycles. The second kappa shape index (κ2) is 4.74. The van der Waals surface area contributed by atoms with Crippen LogP contribution in [0.2, 0.25) is 0 Å². The fourth-order valence-corrected chi connectivity index (χ4v) is 2.13. The van der Waals surface area contributed by atoms with Crippen LogP contribution in [0.15, 0.2) is 48.5 Å². The number of carbonyl (C=O) groups is 1. The summed E-state index contributed by atoms with van der Waals surface area (Å²) in [6.07, 6.45) is 0. The molecule has 0 unspecified atom stereocenters. The molecule has 0 fully saturated rings. The summed E-state index contributed by atoms with van der Waals surface area (Å²) in [6.45, 7) is 1.88. The van der Waals surface area contributed by atoms with Gasteiger partial charge >= 0.3 is 0 Å². The molecule has 4 heteroatoms. The summed E-state index contributed by atoms with van der Waals surface area (Å²) in [5.41, 5.74) is 2.71. The molecule has 4 nitrogen and oxygen atoms in total. The molecule has 20 heavy (non-hydrogen) atoms. The normalized spacial score (nSPS) is 10.7. The predicted octanol–water partition coefficient (Wildman–Crippen LogP) is 3.43. The van der Waals surface area contributed by atoms with Crippen molar-refractivity contribution in [2.75, 3.05) is 5.32 Å². The largest absolute Gasteiger partial charge is 0.506 e. The van der Waals surface area contributed by atoms with Crippen molar-refractivity contribution in [1.82, 2.24) is 4.98 Å². The summed E-state index contributed by atoms with van der Waals surface area (Å²) in [4.78, 5) is 15.2. The number of rotatable bonds is 2. The number of aryl methyl sites for hydroxylation is 1. The topological polar surface area (TPSA) is 65.1 Å². The molecule has 0 aliphatic rings. The zero-order valence-electron chi connectivity index (χ0n) is 11.0. The Bertz CT molecular complexity index is 757. The van der Waals surface area contributed by atoms with Gasteiger partial charge in [-0.15, -0.1) is 0 Å². The van der Waals surface area contributed by atoms with Gasteiger partial charge in [-0.25, -0.2) is 0 Å². The number of benzene rings is 2. The van der Waals surface area contributed by atoms with E-state index in [1.165, 1.54) is 0 Å². The number of hydrogen-bond acceptors (Lipinski definition) is 2. The van der Waals surface area contributed by atoms with Gasteiger partial charge in [0.1, 0.15) is 11.4 Å². The van der Waals surface area contributed by atoms with E-state index < -0.39 is 0 Å².